The Kier molecular flexibility index (Phi) is 2.91. The fourth-order valence-corrected chi connectivity index (χ4v) is 3.55. The van der Waals surface area contributed by atoms with Crippen molar-refractivity contribution in [1.29, 1.82) is 0 Å². The van der Waals surface area contributed by atoms with Crippen molar-refractivity contribution >= 4 is 0 Å². The average Bonchev–Trinajstić information content (AvgIpc) is 2.31. The molecule has 2 atom stereocenters. The van der Waals surface area contributed by atoms with Gasteiger partial charge in [-0.15, -0.1) is 0 Å². The number of aryl methyl sites for hydroxylation is 1. The molecule has 0 saturated carbocycles. The molecule has 1 aromatic carbocycles. The van der Waals surface area contributed by atoms with E-state index < -0.39 is 5.60 Å². The number of halogens is 1. The van der Waals surface area contributed by atoms with Gasteiger partial charge in [0.1, 0.15) is 5.82 Å². The fraction of sp³-hybridized carbons (Fsp3) is 0.600. The lowest BCUT2D eigenvalue weighted by Crippen LogP contribution is -2.54. The van der Waals surface area contributed by atoms with Gasteiger partial charge >= 0.3 is 0 Å². The molecule has 2 nitrogen and oxygen atoms in total. The van der Waals surface area contributed by atoms with Crippen LogP contribution >= 0.6 is 0 Å². The summed E-state index contributed by atoms with van der Waals surface area (Å²) < 4.78 is 14.0. The highest BCUT2D eigenvalue weighted by Crippen LogP contribution is 2.40. The Bertz CT molecular complexity index is 448. The van der Waals surface area contributed by atoms with Gasteiger partial charge in [0, 0.05) is 17.6 Å². The summed E-state index contributed by atoms with van der Waals surface area (Å²) >= 11 is 0. The van der Waals surface area contributed by atoms with Gasteiger partial charge in [-0.05, 0) is 38.7 Å². The quantitative estimate of drug-likeness (QED) is 0.802. The van der Waals surface area contributed by atoms with Gasteiger partial charge in [-0.2, -0.15) is 0 Å². The SMILES string of the molecule is Cc1ccc(F)c(C2(O)CC3CCCC(C2)N3)c1. The van der Waals surface area contributed by atoms with Gasteiger partial charge in [-0.1, -0.05) is 24.1 Å². The van der Waals surface area contributed by atoms with Gasteiger partial charge in [0.05, 0.1) is 5.60 Å². The smallest absolute Gasteiger partial charge is 0.129 e. The molecule has 0 amide bonds. The van der Waals surface area contributed by atoms with E-state index in [0.717, 1.165) is 18.4 Å². The first-order chi connectivity index (χ1) is 8.57. The Labute approximate surface area is 107 Å². The van der Waals surface area contributed by atoms with Gasteiger partial charge in [0.2, 0.25) is 0 Å². The van der Waals surface area contributed by atoms with Gasteiger partial charge in [0.15, 0.2) is 0 Å². The molecule has 0 aromatic heterocycles. The van der Waals surface area contributed by atoms with Crippen LogP contribution in [0.4, 0.5) is 4.39 Å². The third-order valence-corrected chi connectivity index (χ3v) is 4.37. The first kappa shape index (κ1) is 12.1. The minimum absolute atomic E-state index is 0.275. The minimum atomic E-state index is -0.989. The number of aliphatic hydroxyl groups is 1. The molecule has 2 bridgehead atoms. The number of piperidine rings is 2. The molecule has 3 rings (SSSR count). The molecule has 2 N–H and O–H groups in total. The molecule has 3 heteroatoms. The molecule has 2 fully saturated rings. The Morgan fingerprint density at radius 1 is 1.28 bits per heavy atom. The van der Waals surface area contributed by atoms with E-state index in [-0.39, 0.29) is 5.82 Å². The second-order valence-corrected chi connectivity index (χ2v) is 5.91. The molecule has 2 aliphatic rings. The van der Waals surface area contributed by atoms with Crippen molar-refractivity contribution < 1.29 is 9.50 Å². The Morgan fingerprint density at radius 3 is 2.61 bits per heavy atom. The van der Waals surface area contributed by atoms with Crippen molar-refractivity contribution in [1.82, 2.24) is 5.32 Å². The van der Waals surface area contributed by atoms with Crippen molar-refractivity contribution in [2.75, 3.05) is 0 Å². The molecular weight excluding hydrogens is 229 g/mol. The minimum Gasteiger partial charge on any atom is -0.385 e. The summed E-state index contributed by atoms with van der Waals surface area (Å²) in [7, 11) is 0. The van der Waals surface area contributed by atoms with Crippen molar-refractivity contribution in [3.05, 3.63) is 35.1 Å². The van der Waals surface area contributed by atoms with E-state index in [1.54, 1.807) is 12.1 Å². The number of rotatable bonds is 1. The van der Waals surface area contributed by atoms with Gasteiger partial charge < -0.3 is 10.4 Å². The highest BCUT2D eigenvalue weighted by molar-refractivity contribution is 5.30. The lowest BCUT2D eigenvalue weighted by Gasteiger charge is -2.45. The van der Waals surface area contributed by atoms with E-state index in [2.05, 4.69) is 5.32 Å². The Hall–Kier alpha value is -0.930. The zero-order valence-electron chi connectivity index (χ0n) is 10.7. The average molecular weight is 249 g/mol. The van der Waals surface area contributed by atoms with Crippen molar-refractivity contribution in [3.63, 3.8) is 0 Å². The molecule has 0 radical (unpaired) electrons. The van der Waals surface area contributed by atoms with E-state index in [1.807, 2.05) is 6.92 Å². The molecule has 0 aliphatic carbocycles. The van der Waals surface area contributed by atoms with E-state index >= 15 is 0 Å². The van der Waals surface area contributed by atoms with E-state index in [9.17, 15) is 9.50 Å². The molecule has 2 saturated heterocycles. The van der Waals surface area contributed by atoms with E-state index in [4.69, 9.17) is 0 Å². The maximum Gasteiger partial charge on any atom is 0.129 e. The summed E-state index contributed by atoms with van der Waals surface area (Å²) in [5, 5.41) is 14.4. The van der Waals surface area contributed by atoms with Crippen LogP contribution in [-0.2, 0) is 5.60 Å². The lowest BCUT2D eigenvalue weighted by molar-refractivity contribution is -0.0384. The number of nitrogens with one attached hydrogen (secondary N) is 1. The molecule has 0 spiro atoms. The first-order valence-electron chi connectivity index (χ1n) is 6.82. The maximum atomic E-state index is 14.0. The van der Waals surface area contributed by atoms with Crippen LogP contribution in [0.3, 0.4) is 0 Å². The number of benzene rings is 1. The number of hydrogen-bond acceptors (Lipinski definition) is 2. The van der Waals surface area contributed by atoms with Crippen LogP contribution in [0.15, 0.2) is 18.2 Å². The summed E-state index contributed by atoms with van der Waals surface area (Å²) in [5.74, 6) is -0.275. The molecule has 2 aliphatic heterocycles. The molecule has 2 heterocycles. The Morgan fingerprint density at radius 2 is 1.94 bits per heavy atom. The molecule has 98 valence electrons. The summed E-state index contributed by atoms with van der Waals surface area (Å²) in [5.41, 5.74) is 0.501. The lowest BCUT2D eigenvalue weighted by atomic mass is 9.73. The Balaban J connectivity index is 1.96. The van der Waals surface area contributed by atoms with E-state index in [0.29, 0.717) is 30.5 Å². The van der Waals surface area contributed by atoms with Gasteiger partial charge in [-0.3, -0.25) is 0 Å². The molecular formula is C15H20FNO. The van der Waals surface area contributed by atoms with Crippen LogP contribution in [-0.4, -0.2) is 17.2 Å². The third kappa shape index (κ3) is 2.06. The van der Waals surface area contributed by atoms with Crippen LogP contribution < -0.4 is 5.32 Å². The number of hydrogen-bond donors (Lipinski definition) is 2. The fourth-order valence-electron chi connectivity index (χ4n) is 3.55. The normalized spacial score (nSPS) is 35.5. The second-order valence-electron chi connectivity index (χ2n) is 5.91. The zero-order chi connectivity index (χ0) is 12.8. The molecule has 18 heavy (non-hydrogen) atoms. The van der Waals surface area contributed by atoms with Gasteiger partial charge in [0.25, 0.3) is 0 Å². The van der Waals surface area contributed by atoms with Crippen LogP contribution in [0.5, 0.6) is 0 Å². The summed E-state index contributed by atoms with van der Waals surface area (Å²) in [4.78, 5) is 0. The van der Waals surface area contributed by atoms with E-state index in [1.165, 1.54) is 12.5 Å². The van der Waals surface area contributed by atoms with Crippen LogP contribution in [0.25, 0.3) is 0 Å². The highest BCUT2D eigenvalue weighted by Gasteiger charge is 2.42. The van der Waals surface area contributed by atoms with Gasteiger partial charge in [-0.25, -0.2) is 4.39 Å². The van der Waals surface area contributed by atoms with Crippen LogP contribution in [0.2, 0.25) is 0 Å². The topological polar surface area (TPSA) is 32.3 Å². The summed E-state index contributed by atoms with van der Waals surface area (Å²) in [6, 6.07) is 5.70. The third-order valence-electron chi connectivity index (χ3n) is 4.37. The largest absolute Gasteiger partial charge is 0.385 e. The monoisotopic (exact) mass is 249 g/mol. The van der Waals surface area contributed by atoms with Crippen LogP contribution in [0, 0.1) is 12.7 Å². The molecule has 2 unspecified atom stereocenters. The predicted molar refractivity (Wildman–Crippen MR) is 68.8 cm³/mol. The second kappa shape index (κ2) is 4.32. The highest BCUT2D eigenvalue weighted by atomic mass is 19.1. The summed E-state index contributed by atoms with van der Waals surface area (Å²) in [6.45, 7) is 1.94. The standard InChI is InChI=1S/C15H20FNO/c1-10-5-6-14(16)13(7-10)15(18)8-11-3-2-4-12(9-15)17-11/h5-7,11-12,17-18H,2-4,8-9H2,1H3. The van der Waals surface area contributed by atoms with Crippen molar-refractivity contribution in [2.24, 2.45) is 0 Å². The zero-order valence-corrected chi connectivity index (χ0v) is 10.7. The summed E-state index contributed by atoms with van der Waals surface area (Å²) in [6.07, 6.45) is 4.65. The molecule has 1 aromatic rings. The number of fused-ring (bicyclic) bond motifs is 2. The van der Waals surface area contributed by atoms with Crippen molar-refractivity contribution in [2.45, 2.75) is 56.7 Å². The maximum absolute atomic E-state index is 14.0. The predicted octanol–water partition coefficient (Wildman–Crippen LogP) is 2.63. The van der Waals surface area contributed by atoms with Crippen LogP contribution in [0.1, 0.15) is 43.2 Å². The first-order valence-corrected chi connectivity index (χ1v) is 6.82. The van der Waals surface area contributed by atoms with Crippen molar-refractivity contribution in [3.8, 4) is 0 Å².